The highest BCUT2D eigenvalue weighted by Gasteiger charge is 2.17. The van der Waals surface area contributed by atoms with Crippen LogP contribution in [-0.4, -0.2) is 33.1 Å². The second kappa shape index (κ2) is 6.49. The highest BCUT2D eigenvalue weighted by molar-refractivity contribution is 7.99. The van der Waals surface area contributed by atoms with Crippen LogP contribution in [0.2, 0.25) is 0 Å². The lowest BCUT2D eigenvalue weighted by atomic mass is 10.1. The molecule has 0 radical (unpaired) electrons. The number of fused-ring (bicyclic) bond motifs is 1. The molecule has 5 nitrogen and oxygen atoms in total. The third kappa shape index (κ3) is 4.47. The second-order valence-corrected chi connectivity index (χ2v) is 6.82. The number of hydrogen-bond donors (Lipinski definition) is 2. The molecule has 0 bridgehead atoms. The summed E-state index contributed by atoms with van der Waals surface area (Å²) in [6.07, 6.45) is 4.06. The summed E-state index contributed by atoms with van der Waals surface area (Å²) < 4.78 is 2.02. The molecule has 0 fully saturated rings. The Balaban J connectivity index is 1.86. The quantitative estimate of drug-likeness (QED) is 0.852. The fraction of sp³-hybridized carbons (Fsp3) is 0.467. The van der Waals surface area contributed by atoms with Crippen LogP contribution in [0, 0.1) is 6.92 Å². The third-order valence-corrected chi connectivity index (χ3v) is 4.09. The normalized spacial score (nSPS) is 11.8. The second-order valence-electron chi connectivity index (χ2n) is 5.83. The van der Waals surface area contributed by atoms with E-state index in [1.807, 2.05) is 42.8 Å². The Hall–Kier alpha value is -1.53. The Morgan fingerprint density at radius 1 is 1.43 bits per heavy atom. The molecule has 2 heterocycles. The molecule has 2 rings (SSSR count). The zero-order valence-electron chi connectivity index (χ0n) is 12.7. The van der Waals surface area contributed by atoms with Gasteiger partial charge in [0.05, 0.1) is 11.4 Å². The monoisotopic (exact) mass is 306 g/mol. The molecule has 0 aliphatic carbocycles. The lowest BCUT2D eigenvalue weighted by Gasteiger charge is -2.23. The fourth-order valence-electron chi connectivity index (χ4n) is 1.94. The van der Waals surface area contributed by atoms with E-state index in [4.69, 9.17) is 5.73 Å². The van der Waals surface area contributed by atoms with Crippen LogP contribution in [0.15, 0.2) is 24.5 Å². The Labute approximate surface area is 129 Å². The molecule has 114 valence electrons. The standard InChI is InChI=1S/C15H22N4OS/c1-11-4-5-13-17-12(7-19(13)6-11)8-21-9-14(20)18-15(2,3)10-16/h4-7H,8-10,16H2,1-3H3,(H,18,20). The number of amides is 1. The van der Waals surface area contributed by atoms with Crippen LogP contribution in [0.25, 0.3) is 5.65 Å². The van der Waals surface area contributed by atoms with Gasteiger partial charge in [-0.2, -0.15) is 0 Å². The van der Waals surface area contributed by atoms with Gasteiger partial charge in [0.2, 0.25) is 5.91 Å². The number of imidazole rings is 1. The molecule has 0 aliphatic heterocycles. The highest BCUT2D eigenvalue weighted by atomic mass is 32.2. The lowest BCUT2D eigenvalue weighted by molar-refractivity contribution is -0.120. The number of aryl methyl sites for hydroxylation is 1. The molecule has 21 heavy (non-hydrogen) atoms. The Kier molecular flexibility index (Phi) is 4.90. The van der Waals surface area contributed by atoms with Crippen LogP contribution in [0.4, 0.5) is 0 Å². The Bertz CT molecular complexity index is 636. The zero-order valence-corrected chi connectivity index (χ0v) is 13.5. The van der Waals surface area contributed by atoms with Crippen molar-refractivity contribution in [2.45, 2.75) is 32.1 Å². The van der Waals surface area contributed by atoms with Gasteiger partial charge in [0.15, 0.2) is 0 Å². The summed E-state index contributed by atoms with van der Waals surface area (Å²) >= 11 is 1.56. The highest BCUT2D eigenvalue weighted by Crippen LogP contribution is 2.14. The van der Waals surface area contributed by atoms with Crippen LogP contribution >= 0.6 is 11.8 Å². The minimum absolute atomic E-state index is 0.00931. The van der Waals surface area contributed by atoms with Gasteiger partial charge in [-0.25, -0.2) is 4.98 Å². The molecule has 0 saturated carbocycles. The molecule has 3 N–H and O–H groups in total. The van der Waals surface area contributed by atoms with Crippen molar-refractivity contribution in [1.82, 2.24) is 14.7 Å². The zero-order chi connectivity index (χ0) is 15.5. The molecule has 0 unspecified atom stereocenters. The lowest BCUT2D eigenvalue weighted by Crippen LogP contribution is -2.49. The number of carbonyl (C=O) groups is 1. The molecule has 6 heteroatoms. The van der Waals surface area contributed by atoms with Crippen LogP contribution < -0.4 is 11.1 Å². The van der Waals surface area contributed by atoms with Crippen molar-refractivity contribution in [2.24, 2.45) is 5.73 Å². The van der Waals surface area contributed by atoms with Gasteiger partial charge < -0.3 is 15.5 Å². The number of aromatic nitrogens is 2. The molecule has 0 aromatic carbocycles. The summed E-state index contributed by atoms with van der Waals surface area (Å²) in [6.45, 7) is 6.31. The van der Waals surface area contributed by atoms with Gasteiger partial charge in [-0.05, 0) is 32.4 Å². The molecule has 0 aliphatic rings. The maximum Gasteiger partial charge on any atom is 0.230 e. The first-order chi connectivity index (χ1) is 9.89. The van der Waals surface area contributed by atoms with E-state index >= 15 is 0 Å². The maximum atomic E-state index is 11.8. The topological polar surface area (TPSA) is 72.4 Å². The SMILES string of the molecule is Cc1ccc2nc(CSCC(=O)NC(C)(C)CN)cn2c1. The third-order valence-electron chi connectivity index (χ3n) is 3.12. The first kappa shape index (κ1) is 15.9. The van der Waals surface area contributed by atoms with Crippen LogP contribution in [0.5, 0.6) is 0 Å². The average Bonchev–Trinajstić information content (AvgIpc) is 2.80. The van der Waals surface area contributed by atoms with Gasteiger partial charge in [0.25, 0.3) is 0 Å². The van der Waals surface area contributed by atoms with Crippen LogP contribution in [0.1, 0.15) is 25.1 Å². The van der Waals surface area contributed by atoms with Crippen molar-refractivity contribution < 1.29 is 4.79 Å². The summed E-state index contributed by atoms with van der Waals surface area (Å²) in [6, 6.07) is 4.04. The van der Waals surface area contributed by atoms with Gasteiger partial charge in [0.1, 0.15) is 5.65 Å². The molecular formula is C15H22N4OS. The van der Waals surface area contributed by atoms with Crippen LogP contribution in [0.3, 0.4) is 0 Å². The minimum atomic E-state index is -0.349. The van der Waals surface area contributed by atoms with E-state index in [-0.39, 0.29) is 11.4 Å². The molecule has 2 aromatic rings. The number of pyridine rings is 1. The summed E-state index contributed by atoms with van der Waals surface area (Å²) in [5, 5.41) is 2.92. The Morgan fingerprint density at radius 3 is 2.90 bits per heavy atom. The van der Waals surface area contributed by atoms with Gasteiger partial charge >= 0.3 is 0 Å². The van der Waals surface area contributed by atoms with E-state index in [9.17, 15) is 4.79 Å². The van der Waals surface area contributed by atoms with E-state index in [1.54, 1.807) is 11.8 Å². The molecule has 1 amide bonds. The van der Waals surface area contributed by atoms with E-state index in [0.717, 1.165) is 17.1 Å². The van der Waals surface area contributed by atoms with E-state index in [2.05, 4.69) is 17.2 Å². The molecule has 0 spiro atoms. The van der Waals surface area contributed by atoms with E-state index in [0.29, 0.717) is 12.3 Å². The molecule has 0 atom stereocenters. The van der Waals surface area contributed by atoms with E-state index < -0.39 is 0 Å². The number of carbonyl (C=O) groups excluding carboxylic acids is 1. The van der Waals surface area contributed by atoms with Gasteiger partial charge in [-0.1, -0.05) is 6.07 Å². The molecule has 0 saturated heterocycles. The van der Waals surface area contributed by atoms with Crippen molar-refractivity contribution in [2.75, 3.05) is 12.3 Å². The summed E-state index contributed by atoms with van der Waals surface area (Å²) in [5.74, 6) is 1.14. The number of thioether (sulfide) groups is 1. The number of nitrogens with zero attached hydrogens (tertiary/aromatic N) is 2. The minimum Gasteiger partial charge on any atom is -0.349 e. The number of rotatable bonds is 6. The van der Waals surface area contributed by atoms with Crippen molar-refractivity contribution in [1.29, 1.82) is 0 Å². The van der Waals surface area contributed by atoms with Crippen molar-refractivity contribution >= 4 is 23.3 Å². The fourth-order valence-corrected chi connectivity index (χ4v) is 2.65. The smallest absolute Gasteiger partial charge is 0.230 e. The molecule has 2 aromatic heterocycles. The predicted octanol–water partition coefficient (Wildman–Crippen LogP) is 1.73. The van der Waals surface area contributed by atoms with Gasteiger partial charge in [-0.3, -0.25) is 4.79 Å². The van der Waals surface area contributed by atoms with Crippen LogP contribution in [-0.2, 0) is 10.5 Å². The summed E-state index contributed by atoms with van der Waals surface area (Å²) in [7, 11) is 0. The van der Waals surface area contributed by atoms with Gasteiger partial charge in [0, 0.05) is 30.2 Å². The van der Waals surface area contributed by atoms with Crippen molar-refractivity contribution in [3.63, 3.8) is 0 Å². The largest absolute Gasteiger partial charge is 0.349 e. The number of nitrogens with one attached hydrogen (secondary N) is 1. The summed E-state index contributed by atoms with van der Waals surface area (Å²) in [5.41, 5.74) is 8.36. The van der Waals surface area contributed by atoms with Crippen molar-refractivity contribution in [3.8, 4) is 0 Å². The number of nitrogens with two attached hydrogens (primary N) is 1. The Morgan fingerprint density at radius 2 is 2.19 bits per heavy atom. The van der Waals surface area contributed by atoms with Gasteiger partial charge in [-0.15, -0.1) is 11.8 Å². The first-order valence-corrected chi connectivity index (χ1v) is 8.08. The molecular weight excluding hydrogens is 284 g/mol. The number of hydrogen-bond acceptors (Lipinski definition) is 4. The predicted molar refractivity (Wildman–Crippen MR) is 87.4 cm³/mol. The first-order valence-electron chi connectivity index (χ1n) is 6.93. The average molecular weight is 306 g/mol. The maximum absolute atomic E-state index is 11.8. The van der Waals surface area contributed by atoms with E-state index in [1.165, 1.54) is 5.56 Å². The van der Waals surface area contributed by atoms with Crippen molar-refractivity contribution in [3.05, 3.63) is 35.8 Å². The summed E-state index contributed by atoms with van der Waals surface area (Å²) in [4.78, 5) is 16.3.